The van der Waals surface area contributed by atoms with Crippen LogP contribution in [0, 0.1) is 6.92 Å². The summed E-state index contributed by atoms with van der Waals surface area (Å²) >= 11 is 1.67. The highest BCUT2D eigenvalue weighted by Crippen LogP contribution is 2.21. The van der Waals surface area contributed by atoms with Crippen molar-refractivity contribution in [3.05, 3.63) is 94.2 Å². The van der Waals surface area contributed by atoms with Gasteiger partial charge in [0.15, 0.2) is 5.65 Å². The predicted molar refractivity (Wildman–Crippen MR) is 121 cm³/mol. The van der Waals surface area contributed by atoms with E-state index in [1.165, 1.54) is 4.88 Å². The number of fused-ring (bicyclic) bond motifs is 1. The quantitative estimate of drug-likeness (QED) is 0.436. The molecule has 4 heterocycles. The van der Waals surface area contributed by atoms with E-state index in [0.717, 1.165) is 16.6 Å². The Balaban J connectivity index is 1.38. The fourth-order valence-corrected chi connectivity index (χ4v) is 4.20. The van der Waals surface area contributed by atoms with Gasteiger partial charge in [-0.2, -0.15) is 10.2 Å². The molecule has 0 radical (unpaired) electrons. The van der Waals surface area contributed by atoms with Crippen molar-refractivity contribution in [2.45, 2.75) is 20.0 Å². The van der Waals surface area contributed by atoms with Crippen molar-refractivity contribution >= 4 is 34.0 Å². The summed E-state index contributed by atoms with van der Waals surface area (Å²) in [5.74, 6) is -0.203. The molecule has 1 aromatic carbocycles. The number of nitrogens with one attached hydrogen (secondary N) is 1. The van der Waals surface area contributed by atoms with Crippen molar-refractivity contribution in [2.75, 3.05) is 5.32 Å². The first kappa shape index (κ1) is 19.2. The number of pyridine rings is 1. The molecule has 1 amide bonds. The van der Waals surface area contributed by atoms with Gasteiger partial charge in [0.2, 0.25) is 0 Å². The van der Waals surface area contributed by atoms with Crippen LogP contribution in [0.1, 0.15) is 26.5 Å². The molecule has 5 aromatic rings. The molecule has 0 fully saturated rings. The van der Waals surface area contributed by atoms with Crippen molar-refractivity contribution in [1.82, 2.24) is 24.5 Å². The van der Waals surface area contributed by atoms with E-state index in [1.54, 1.807) is 34.5 Å². The minimum atomic E-state index is -0.203. The van der Waals surface area contributed by atoms with E-state index < -0.39 is 0 Å². The van der Waals surface area contributed by atoms with E-state index in [4.69, 9.17) is 0 Å². The summed E-state index contributed by atoms with van der Waals surface area (Å²) in [4.78, 5) is 18.9. The van der Waals surface area contributed by atoms with Gasteiger partial charge in [0.1, 0.15) is 0 Å². The minimum Gasteiger partial charge on any atom is -0.319 e. The normalized spacial score (nSPS) is 11.1. The SMILES string of the molecule is Cc1cc(C(=O)Nc2cnn(Cc3ccccc3)c2)c2cnn(Cc3cccs3)c2n1. The Labute approximate surface area is 183 Å². The number of benzene rings is 1. The molecule has 7 nitrogen and oxygen atoms in total. The number of carbonyl (C=O) groups is 1. The van der Waals surface area contributed by atoms with Crippen LogP contribution in [-0.2, 0) is 13.1 Å². The van der Waals surface area contributed by atoms with Crippen LogP contribution in [0.2, 0.25) is 0 Å². The molecule has 0 unspecified atom stereocenters. The molecule has 0 aliphatic carbocycles. The summed E-state index contributed by atoms with van der Waals surface area (Å²) in [5.41, 5.74) is 3.82. The highest BCUT2D eigenvalue weighted by Gasteiger charge is 2.17. The zero-order chi connectivity index (χ0) is 21.2. The van der Waals surface area contributed by atoms with Gasteiger partial charge in [-0.05, 0) is 30.0 Å². The number of carbonyl (C=O) groups excluding carboxylic acids is 1. The van der Waals surface area contributed by atoms with Crippen LogP contribution in [-0.4, -0.2) is 30.5 Å². The molecular weight excluding hydrogens is 408 g/mol. The van der Waals surface area contributed by atoms with Gasteiger partial charge in [-0.25, -0.2) is 9.67 Å². The van der Waals surface area contributed by atoms with Gasteiger partial charge < -0.3 is 5.32 Å². The number of nitrogens with zero attached hydrogens (tertiary/aromatic N) is 5. The van der Waals surface area contributed by atoms with Crippen LogP contribution in [0.4, 0.5) is 5.69 Å². The second-order valence-corrected chi connectivity index (χ2v) is 8.33. The van der Waals surface area contributed by atoms with Crippen molar-refractivity contribution in [2.24, 2.45) is 0 Å². The molecule has 0 saturated carbocycles. The maximum Gasteiger partial charge on any atom is 0.256 e. The third-order valence-corrected chi connectivity index (χ3v) is 5.81. The Hall–Kier alpha value is -3.78. The molecule has 4 aromatic heterocycles. The van der Waals surface area contributed by atoms with E-state index >= 15 is 0 Å². The van der Waals surface area contributed by atoms with Gasteiger partial charge in [0.25, 0.3) is 5.91 Å². The van der Waals surface area contributed by atoms with Crippen LogP contribution in [0.5, 0.6) is 0 Å². The highest BCUT2D eigenvalue weighted by atomic mass is 32.1. The summed E-state index contributed by atoms with van der Waals surface area (Å²) in [5, 5.41) is 14.6. The van der Waals surface area contributed by atoms with Gasteiger partial charge in [0, 0.05) is 16.8 Å². The summed E-state index contributed by atoms with van der Waals surface area (Å²) in [6, 6.07) is 15.9. The van der Waals surface area contributed by atoms with Crippen molar-refractivity contribution in [3.63, 3.8) is 0 Å². The van der Waals surface area contributed by atoms with Crippen molar-refractivity contribution in [3.8, 4) is 0 Å². The highest BCUT2D eigenvalue weighted by molar-refractivity contribution is 7.09. The largest absolute Gasteiger partial charge is 0.319 e. The van der Waals surface area contributed by atoms with Crippen LogP contribution < -0.4 is 5.32 Å². The summed E-state index contributed by atoms with van der Waals surface area (Å²) in [6.45, 7) is 3.16. The maximum absolute atomic E-state index is 13.1. The van der Waals surface area contributed by atoms with Crippen molar-refractivity contribution in [1.29, 1.82) is 0 Å². The lowest BCUT2D eigenvalue weighted by molar-refractivity contribution is 0.102. The minimum absolute atomic E-state index is 0.203. The lowest BCUT2D eigenvalue weighted by atomic mass is 10.1. The molecule has 0 bridgehead atoms. The van der Waals surface area contributed by atoms with Crippen LogP contribution in [0.15, 0.2) is 72.5 Å². The zero-order valence-electron chi connectivity index (χ0n) is 16.9. The summed E-state index contributed by atoms with van der Waals surface area (Å²) in [6.07, 6.45) is 5.20. The Morgan fingerprint density at radius 3 is 2.74 bits per heavy atom. The molecule has 0 atom stereocenters. The first-order chi connectivity index (χ1) is 15.2. The van der Waals surface area contributed by atoms with Crippen LogP contribution in [0.25, 0.3) is 11.0 Å². The standard InChI is InChI=1S/C23H20N6OS/c1-16-10-20(21-12-25-29(22(21)26-16)15-19-8-5-9-31-19)23(30)27-18-11-24-28(14-18)13-17-6-3-2-4-7-17/h2-12,14H,13,15H2,1H3,(H,27,30). The fraction of sp³-hybridized carbons (Fsp3) is 0.130. The third-order valence-electron chi connectivity index (χ3n) is 4.95. The number of thiophene rings is 1. The predicted octanol–water partition coefficient (Wildman–Crippen LogP) is 4.35. The van der Waals surface area contributed by atoms with Gasteiger partial charge in [-0.15, -0.1) is 11.3 Å². The molecule has 8 heteroatoms. The molecular formula is C23H20N6OS. The lowest BCUT2D eigenvalue weighted by Gasteiger charge is -2.07. The van der Waals surface area contributed by atoms with E-state index in [2.05, 4.69) is 26.6 Å². The number of aryl methyl sites for hydroxylation is 1. The van der Waals surface area contributed by atoms with Gasteiger partial charge >= 0.3 is 0 Å². The van der Waals surface area contributed by atoms with E-state index in [0.29, 0.717) is 30.0 Å². The topological polar surface area (TPSA) is 77.6 Å². The number of rotatable bonds is 6. The molecule has 0 spiro atoms. The van der Waals surface area contributed by atoms with Crippen molar-refractivity contribution < 1.29 is 4.79 Å². The molecule has 0 aliphatic rings. The Morgan fingerprint density at radius 2 is 1.94 bits per heavy atom. The average Bonchev–Trinajstić information content (AvgIpc) is 3.51. The van der Waals surface area contributed by atoms with Crippen LogP contribution >= 0.6 is 11.3 Å². The van der Waals surface area contributed by atoms with E-state index in [9.17, 15) is 4.79 Å². The van der Waals surface area contributed by atoms with E-state index in [-0.39, 0.29) is 5.91 Å². The van der Waals surface area contributed by atoms with E-state index in [1.807, 2.05) is 59.6 Å². The van der Waals surface area contributed by atoms with Gasteiger partial charge in [-0.1, -0.05) is 36.4 Å². The maximum atomic E-state index is 13.1. The van der Waals surface area contributed by atoms with Gasteiger partial charge in [0.05, 0.1) is 42.1 Å². The molecule has 31 heavy (non-hydrogen) atoms. The Bertz CT molecular complexity index is 1340. The molecule has 1 N–H and O–H groups in total. The number of anilines is 1. The zero-order valence-corrected chi connectivity index (χ0v) is 17.7. The Morgan fingerprint density at radius 1 is 1.06 bits per heavy atom. The summed E-state index contributed by atoms with van der Waals surface area (Å²) < 4.78 is 3.64. The second-order valence-electron chi connectivity index (χ2n) is 7.30. The monoisotopic (exact) mass is 428 g/mol. The molecule has 154 valence electrons. The van der Waals surface area contributed by atoms with Crippen LogP contribution in [0.3, 0.4) is 0 Å². The Kier molecular flexibility index (Phi) is 5.05. The molecule has 5 rings (SSSR count). The summed E-state index contributed by atoms with van der Waals surface area (Å²) in [7, 11) is 0. The third kappa shape index (κ3) is 4.10. The fourth-order valence-electron chi connectivity index (χ4n) is 3.51. The number of aromatic nitrogens is 5. The number of amides is 1. The number of hydrogen-bond donors (Lipinski definition) is 1. The molecule has 0 aliphatic heterocycles. The lowest BCUT2D eigenvalue weighted by Crippen LogP contribution is -2.13. The smallest absolute Gasteiger partial charge is 0.256 e. The molecule has 0 saturated heterocycles. The van der Waals surface area contributed by atoms with Gasteiger partial charge in [-0.3, -0.25) is 9.48 Å². The first-order valence-corrected chi connectivity index (χ1v) is 10.8. The number of hydrogen-bond acceptors (Lipinski definition) is 5. The second kappa shape index (κ2) is 8.16. The average molecular weight is 429 g/mol. The first-order valence-electron chi connectivity index (χ1n) is 9.89.